The zero-order chi connectivity index (χ0) is 22.5. The summed E-state index contributed by atoms with van der Waals surface area (Å²) in [5, 5.41) is 12.9. The Morgan fingerprint density at radius 2 is 1.75 bits per heavy atom. The molecule has 0 saturated carbocycles. The van der Waals surface area contributed by atoms with Crippen molar-refractivity contribution in [2.75, 3.05) is 7.11 Å². The van der Waals surface area contributed by atoms with Gasteiger partial charge in [-0.3, -0.25) is 0 Å². The van der Waals surface area contributed by atoms with Gasteiger partial charge in [0.2, 0.25) is 0 Å². The number of ether oxygens (including phenoxy) is 2. The van der Waals surface area contributed by atoms with Crippen LogP contribution < -0.4 is 9.47 Å². The number of methoxy groups -OCH3 is 1. The number of aryl methyl sites for hydroxylation is 1. The van der Waals surface area contributed by atoms with Crippen molar-refractivity contribution in [2.24, 2.45) is 0 Å². The minimum Gasteiger partial charge on any atom is -0.497 e. The second-order valence-electron chi connectivity index (χ2n) is 7.32. The lowest BCUT2D eigenvalue weighted by atomic mass is 10.2. The Morgan fingerprint density at radius 1 is 1.03 bits per heavy atom. The minimum absolute atomic E-state index is 0.224. The maximum Gasteiger partial charge on any atom is 0.191 e. The first kappa shape index (κ1) is 22.4. The molecule has 0 bridgehead atoms. The molecule has 0 spiro atoms. The van der Waals surface area contributed by atoms with Crippen LogP contribution in [0.25, 0.3) is 10.6 Å². The number of hydrogen-bond acceptors (Lipinski definition) is 7. The molecule has 0 aliphatic carbocycles. The lowest BCUT2D eigenvalue weighted by Gasteiger charge is -2.15. The van der Waals surface area contributed by atoms with Gasteiger partial charge in [0.1, 0.15) is 16.5 Å². The number of thioether (sulfide) groups is 1. The summed E-state index contributed by atoms with van der Waals surface area (Å²) in [6.45, 7) is 6.94. The number of hydrogen-bond donors (Lipinski definition) is 0. The van der Waals surface area contributed by atoms with Crippen molar-refractivity contribution in [1.82, 2.24) is 19.7 Å². The summed E-state index contributed by atoms with van der Waals surface area (Å²) in [6, 6.07) is 16.0. The topological polar surface area (TPSA) is 62.1 Å². The van der Waals surface area contributed by atoms with Gasteiger partial charge in [-0.25, -0.2) is 4.98 Å². The molecule has 2 heterocycles. The molecule has 32 heavy (non-hydrogen) atoms. The predicted octanol–water partition coefficient (Wildman–Crippen LogP) is 6.17. The van der Waals surface area contributed by atoms with Crippen LogP contribution in [0, 0.1) is 6.92 Å². The molecule has 0 radical (unpaired) electrons. The third kappa shape index (κ3) is 5.14. The van der Waals surface area contributed by atoms with Crippen molar-refractivity contribution in [2.45, 2.75) is 44.3 Å². The fraction of sp³-hybridized carbons (Fsp3) is 0.292. The van der Waals surface area contributed by atoms with Gasteiger partial charge in [0, 0.05) is 23.2 Å². The van der Waals surface area contributed by atoms with Crippen LogP contribution in [0.1, 0.15) is 37.0 Å². The van der Waals surface area contributed by atoms with Crippen molar-refractivity contribution in [3.8, 4) is 22.1 Å². The summed E-state index contributed by atoms with van der Waals surface area (Å²) in [7, 11) is 1.65. The molecular formula is C24H26N4O2S2. The molecular weight excluding hydrogens is 440 g/mol. The molecule has 4 rings (SSSR count). The van der Waals surface area contributed by atoms with Gasteiger partial charge in [0.15, 0.2) is 17.1 Å². The van der Waals surface area contributed by atoms with Gasteiger partial charge < -0.3 is 14.0 Å². The molecule has 1 atom stereocenters. The summed E-state index contributed by atoms with van der Waals surface area (Å²) in [5.74, 6) is 3.12. The molecule has 0 fully saturated rings. The maximum atomic E-state index is 6.08. The average Bonchev–Trinajstić information content (AvgIpc) is 3.45. The van der Waals surface area contributed by atoms with E-state index in [1.807, 2.05) is 31.2 Å². The Bertz CT molecular complexity index is 1150. The number of aromatic nitrogens is 4. The molecule has 0 saturated heterocycles. The van der Waals surface area contributed by atoms with Crippen LogP contribution in [0.5, 0.6) is 11.5 Å². The number of thiazole rings is 1. The average molecular weight is 467 g/mol. The van der Waals surface area contributed by atoms with E-state index in [4.69, 9.17) is 14.5 Å². The van der Waals surface area contributed by atoms with Crippen LogP contribution >= 0.6 is 23.1 Å². The lowest BCUT2D eigenvalue weighted by Crippen LogP contribution is -2.12. The van der Waals surface area contributed by atoms with Crippen molar-refractivity contribution in [3.63, 3.8) is 0 Å². The minimum atomic E-state index is -0.224. The summed E-state index contributed by atoms with van der Waals surface area (Å²) >= 11 is 3.32. The van der Waals surface area contributed by atoms with Crippen molar-refractivity contribution in [3.05, 3.63) is 71.0 Å². The van der Waals surface area contributed by atoms with Gasteiger partial charge in [-0.15, -0.1) is 21.5 Å². The van der Waals surface area contributed by atoms with E-state index in [0.29, 0.717) is 0 Å². The van der Waals surface area contributed by atoms with Crippen LogP contribution in [0.15, 0.2) is 59.1 Å². The molecule has 0 N–H and O–H groups in total. The highest BCUT2D eigenvalue weighted by atomic mass is 32.2. The predicted molar refractivity (Wildman–Crippen MR) is 130 cm³/mol. The van der Waals surface area contributed by atoms with Gasteiger partial charge in [-0.2, -0.15) is 0 Å². The maximum absolute atomic E-state index is 6.08. The third-order valence-electron chi connectivity index (χ3n) is 5.00. The standard InChI is InChI=1S/C24H26N4O2S2/c1-5-28-22(17(3)30-21-12-10-20(29-4)11-13-21)26-27-24(28)32-15-19-14-31-23(25-19)18-8-6-16(2)7-9-18/h6-14,17H,5,15H2,1-4H3/t17-/m0/s1. The van der Waals surface area contributed by atoms with E-state index in [0.717, 1.165) is 51.0 Å². The smallest absolute Gasteiger partial charge is 0.191 e. The highest BCUT2D eigenvalue weighted by Gasteiger charge is 2.19. The molecule has 8 heteroatoms. The zero-order valence-electron chi connectivity index (χ0n) is 18.6. The molecule has 2 aromatic heterocycles. The molecule has 6 nitrogen and oxygen atoms in total. The zero-order valence-corrected chi connectivity index (χ0v) is 20.2. The summed E-state index contributed by atoms with van der Waals surface area (Å²) in [4.78, 5) is 4.80. The van der Waals surface area contributed by atoms with Gasteiger partial charge >= 0.3 is 0 Å². The fourth-order valence-electron chi connectivity index (χ4n) is 3.26. The molecule has 0 unspecified atom stereocenters. The first-order valence-electron chi connectivity index (χ1n) is 10.5. The van der Waals surface area contributed by atoms with Crippen LogP contribution in [0.3, 0.4) is 0 Å². The SMILES string of the molecule is CCn1c(SCc2csc(-c3ccc(C)cc3)n2)nnc1[C@H](C)Oc1ccc(OC)cc1. The van der Waals surface area contributed by atoms with E-state index in [-0.39, 0.29) is 6.10 Å². The molecule has 0 aliphatic heterocycles. The Kier molecular flexibility index (Phi) is 7.12. The Morgan fingerprint density at radius 3 is 2.44 bits per heavy atom. The van der Waals surface area contributed by atoms with Crippen LogP contribution in [-0.4, -0.2) is 26.9 Å². The second kappa shape index (κ2) is 10.2. The van der Waals surface area contributed by atoms with Crippen LogP contribution in [0.4, 0.5) is 0 Å². The van der Waals surface area contributed by atoms with Gasteiger partial charge in [0.05, 0.1) is 12.8 Å². The molecule has 166 valence electrons. The quantitative estimate of drug-likeness (QED) is 0.275. The highest BCUT2D eigenvalue weighted by molar-refractivity contribution is 7.98. The van der Waals surface area contributed by atoms with Crippen LogP contribution in [0.2, 0.25) is 0 Å². The Balaban J connectivity index is 1.42. The summed E-state index contributed by atoms with van der Waals surface area (Å²) in [5.41, 5.74) is 3.45. The van der Waals surface area contributed by atoms with Gasteiger partial charge in [0.25, 0.3) is 0 Å². The van der Waals surface area contributed by atoms with Crippen molar-refractivity contribution >= 4 is 23.1 Å². The first-order chi connectivity index (χ1) is 15.6. The normalized spacial score (nSPS) is 12.0. The lowest BCUT2D eigenvalue weighted by molar-refractivity contribution is 0.209. The van der Waals surface area contributed by atoms with E-state index < -0.39 is 0 Å². The third-order valence-corrected chi connectivity index (χ3v) is 6.94. The first-order valence-corrected chi connectivity index (χ1v) is 12.3. The van der Waals surface area contributed by atoms with E-state index >= 15 is 0 Å². The van der Waals surface area contributed by atoms with Gasteiger partial charge in [-0.1, -0.05) is 41.6 Å². The Hall–Kier alpha value is -2.84. The molecule has 4 aromatic rings. The van der Waals surface area contributed by atoms with E-state index in [9.17, 15) is 0 Å². The van der Waals surface area contributed by atoms with E-state index in [1.165, 1.54) is 5.56 Å². The molecule has 0 aliphatic rings. The Labute approximate surface area is 196 Å². The number of rotatable bonds is 9. The van der Waals surface area contributed by atoms with E-state index in [2.05, 4.69) is 58.3 Å². The number of benzene rings is 2. The highest BCUT2D eigenvalue weighted by Crippen LogP contribution is 2.29. The van der Waals surface area contributed by atoms with E-state index in [1.54, 1.807) is 30.2 Å². The van der Waals surface area contributed by atoms with Crippen molar-refractivity contribution in [1.29, 1.82) is 0 Å². The fourth-order valence-corrected chi connectivity index (χ4v) is 5.09. The largest absolute Gasteiger partial charge is 0.497 e. The summed E-state index contributed by atoms with van der Waals surface area (Å²) in [6.07, 6.45) is -0.224. The molecule has 2 aromatic carbocycles. The molecule has 0 amide bonds. The second-order valence-corrected chi connectivity index (χ2v) is 9.12. The summed E-state index contributed by atoms with van der Waals surface area (Å²) < 4.78 is 13.4. The van der Waals surface area contributed by atoms with Gasteiger partial charge in [-0.05, 0) is 45.0 Å². The van der Waals surface area contributed by atoms with Crippen LogP contribution in [-0.2, 0) is 12.3 Å². The number of nitrogens with zero attached hydrogens (tertiary/aromatic N) is 4. The monoisotopic (exact) mass is 466 g/mol. The van der Waals surface area contributed by atoms with Crippen molar-refractivity contribution < 1.29 is 9.47 Å².